The molecule has 0 saturated carbocycles. The molecule has 1 amide bonds. The number of furan rings is 1. The van der Waals surface area contributed by atoms with Gasteiger partial charge in [0, 0.05) is 4.88 Å². The third-order valence-corrected chi connectivity index (χ3v) is 7.01. The van der Waals surface area contributed by atoms with E-state index < -0.39 is 0 Å². The fourth-order valence-corrected chi connectivity index (χ4v) is 5.04. The second-order valence-electron chi connectivity index (χ2n) is 6.16. The minimum absolute atomic E-state index is 0.136. The van der Waals surface area contributed by atoms with Crippen molar-refractivity contribution < 1.29 is 13.6 Å². The number of halogens is 1. The first-order valence-corrected chi connectivity index (χ1v) is 11.7. The van der Waals surface area contributed by atoms with Gasteiger partial charge in [-0.15, -0.1) is 21.5 Å². The molecule has 30 heavy (non-hydrogen) atoms. The summed E-state index contributed by atoms with van der Waals surface area (Å²) in [7, 11) is 0. The molecule has 1 aromatic carbocycles. The maximum atomic E-state index is 13.3. The van der Waals surface area contributed by atoms with Crippen LogP contribution in [0.1, 0.15) is 22.2 Å². The molecule has 0 aliphatic carbocycles. The van der Waals surface area contributed by atoms with Crippen molar-refractivity contribution in [1.82, 2.24) is 15.5 Å². The van der Waals surface area contributed by atoms with Crippen molar-refractivity contribution in [1.29, 1.82) is 0 Å². The second kappa shape index (κ2) is 9.88. The number of hydrogen-bond acceptors (Lipinski definition) is 8. The summed E-state index contributed by atoms with van der Waals surface area (Å²) < 4.78 is 19.3. The lowest BCUT2D eigenvalue weighted by molar-refractivity contribution is -0.119. The molecule has 2 N–H and O–H groups in total. The Morgan fingerprint density at radius 2 is 2.03 bits per heavy atom. The summed E-state index contributed by atoms with van der Waals surface area (Å²) in [5.41, 5.74) is 0.831. The van der Waals surface area contributed by atoms with Gasteiger partial charge in [0.2, 0.25) is 11.0 Å². The lowest BCUT2D eigenvalue weighted by atomic mass is 10.1. The van der Waals surface area contributed by atoms with Crippen LogP contribution in [0.4, 0.5) is 9.52 Å². The number of hydrogen-bond donors (Lipinski definition) is 2. The Morgan fingerprint density at radius 3 is 2.77 bits per heavy atom. The predicted molar refractivity (Wildman–Crippen MR) is 117 cm³/mol. The maximum Gasteiger partial charge on any atom is 0.231 e. The lowest BCUT2D eigenvalue weighted by Gasteiger charge is -2.18. The molecule has 10 heteroatoms. The van der Waals surface area contributed by atoms with Crippen molar-refractivity contribution >= 4 is 45.5 Å². The van der Waals surface area contributed by atoms with Gasteiger partial charge in [-0.05, 0) is 41.3 Å². The molecule has 4 aromatic rings. The van der Waals surface area contributed by atoms with E-state index in [1.165, 1.54) is 35.2 Å². The lowest BCUT2D eigenvalue weighted by Crippen LogP contribution is -2.30. The van der Waals surface area contributed by atoms with E-state index >= 15 is 0 Å². The zero-order valence-corrected chi connectivity index (χ0v) is 18.0. The molecule has 154 valence electrons. The molecule has 0 bridgehead atoms. The normalized spacial score (nSPS) is 11.9. The van der Waals surface area contributed by atoms with E-state index in [2.05, 4.69) is 20.8 Å². The summed E-state index contributed by atoms with van der Waals surface area (Å²) in [6.07, 6.45) is 1.62. The third-order valence-electron chi connectivity index (χ3n) is 4.06. The van der Waals surface area contributed by atoms with E-state index in [-0.39, 0.29) is 23.5 Å². The van der Waals surface area contributed by atoms with Gasteiger partial charge in [0.15, 0.2) is 4.34 Å². The number of carbonyl (C=O) groups is 1. The molecular formula is C20H17FN4O2S3. The minimum Gasteiger partial charge on any atom is -0.467 e. The summed E-state index contributed by atoms with van der Waals surface area (Å²) >= 11 is 4.24. The van der Waals surface area contributed by atoms with Crippen LogP contribution < -0.4 is 10.6 Å². The maximum absolute atomic E-state index is 13.3. The van der Waals surface area contributed by atoms with Crippen molar-refractivity contribution in [3.8, 4) is 0 Å². The molecule has 3 aromatic heterocycles. The standard InChI is InChI=1S/C20H17FN4O2S3/c21-14-7-5-13(6-8-14)18(16-4-2-10-28-16)23-17(26)12-29-20-25-24-19(30-20)22-11-15-3-1-9-27-15/h1-10,18H,11-12H2,(H,22,24)(H,23,26). The summed E-state index contributed by atoms with van der Waals surface area (Å²) in [4.78, 5) is 13.6. The van der Waals surface area contributed by atoms with Crippen LogP contribution in [-0.2, 0) is 11.3 Å². The monoisotopic (exact) mass is 460 g/mol. The topological polar surface area (TPSA) is 80.1 Å². The molecule has 4 rings (SSSR count). The Labute approximate surface area is 184 Å². The summed E-state index contributed by atoms with van der Waals surface area (Å²) in [5.74, 6) is 0.566. The van der Waals surface area contributed by atoms with Gasteiger partial charge in [0.05, 0.1) is 24.6 Å². The van der Waals surface area contributed by atoms with Crippen molar-refractivity contribution in [2.45, 2.75) is 16.9 Å². The van der Waals surface area contributed by atoms with E-state index in [0.29, 0.717) is 16.0 Å². The van der Waals surface area contributed by atoms with Crippen molar-refractivity contribution in [2.75, 3.05) is 11.1 Å². The molecule has 1 atom stereocenters. The van der Waals surface area contributed by atoms with Crippen LogP contribution in [0, 0.1) is 5.82 Å². The Balaban J connectivity index is 1.33. The Morgan fingerprint density at radius 1 is 1.17 bits per heavy atom. The van der Waals surface area contributed by atoms with Crippen LogP contribution in [0.5, 0.6) is 0 Å². The molecule has 6 nitrogen and oxygen atoms in total. The highest BCUT2D eigenvalue weighted by Gasteiger charge is 2.18. The fourth-order valence-electron chi connectivity index (χ4n) is 2.67. The first-order chi connectivity index (χ1) is 14.7. The molecule has 0 fully saturated rings. The summed E-state index contributed by atoms with van der Waals surface area (Å²) in [6.45, 7) is 0.521. The van der Waals surface area contributed by atoms with Crippen LogP contribution in [0.15, 0.2) is 68.9 Å². The van der Waals surface area contributed by atoms with E-state index in [0.717, 1.165) is 16.2 Å². The number of aromatic nitrogens is 2. The Bertz CT molecular complexity index is 1070. The fraction of sp³-hybridized carbons (Fsp3) is 0.150. The number of nitrogens with one attached hydrogen (secondary N) is 2. The van der Waals surface area contributed by atoms with E-state index in [9.17, 15) is 9.18 Å². The third kappa shape index (κ3) is 5.47. The predicted octanol–water partition coefficient (Wildman–Crippen LogP) is 4.94. The number of rotatable bonds is 9. The van der Waals surface area contributed by atoms with E-state index in [1.807, 2.05) is 29.6 Å². The van der Waals surface area contributed by atoms with Gasteiger partial charge >= 0.3 is 0 Å². The van der Waals surface area contributed by atoms with Crippen LogP contribution in [0.3, 0.4) is 0 Å². The average molecular weight is 461 g/mol. The van der Waals surface area contributed by atoms with Crippen molar-refractivity contribution in [2.24, 2.45) is 0 Å². The second-order valence-corrected chi connectivity index (χ2v) is 9.34. The number of amides is 1. The van der Waals surface area contributed by atoms with Crippen molar-refractivity contribution in [3.63, 3.8) is 0 Å². The number of carbonyl (C=O) groups excluding carboxylic acids is 1. The summed E-state index contributed by atoms with van der Waals surface area (Å²) in [6, 6.07) is 13.4. The first-order valence-electron chi connectivity index (χ1n) is 8.98. The largest absolute Gasteiger partial charge is 0.467 e. The minimum atomic E-state index is -0.321. The molecule has 0 radical (unpaired) electrons. The molecule has 1 unspecified atom stereocenters. The number of thioether (sulfide) groups is 1. The van der Waals surface area contributed by atoms with Crippen LogP contribution in [0.2, 0.25) is 0 Å². The van der Waals surface area contributed by atoms with Gasteiger partial charge in [0.1, 0.15) is 11.6 Å². The number of thiophene rings is 1. The van der Waals surface area contributed by atoms with Crippen LogP contribution >= 0.6 is 34.4 Å². The molecule has 0 aliphatic heterocycles. The van der Waals surface area contributed by atoms with Gasteiger partial charge in [-0.3, -0.25) is 4.79 Å². The molecule has 0 spiro atoms. The highest BCUT2D eigenvalue weighted by molar-refractivity contribution is 8.01. The highest BCUT2D eigenvalue weighted by atomic mass is 32.2. The number of nitrogens with zero attached hydrogens (tertiary/aromatic N) is 2. The quantitative estimate of drug-likeness (QED) is 0.344. The van der Waals surface area contributed by atoms with E-state index in [1.54, 1.807) is 29.7 Å². The van der Waals surface area contributed by atoms with Gasteiger partial charge in [-0.1, -0.05) is 41.3 Å². The van der Waals surface area contributed by atoms with Gasteiger partial charge in [0.25, 0.3) is 0 Å². The number of anilines is 1. The Hall–Kier alpha value is -2.69. The molecular weight excluding hydrogens is 443 g/mol. The van der Waals surface area contributed by atoms with Crippen LogP contribution in [0.25, 0.3) is 0 Å². The van der Waals surface area contributed by atoms with E-state index in [4.69, 9.17) is 4.42 Å². The van der Waals surface area contributed by atoms with Gasteiger partial charge in [-0.2, -0.15) is 0 Å². The number of benzene rings is 1. The molecule has 3 heterocycles. The van der Waals surface area contributed by atoms with Gasteiger partial charge in [-0.25, -0.2) is 4.39 Å². The Kier molecular flexibility index (Phi) is 6.77. The SMILES string of the molecule is O=C(CSc1nnc(NCc2ccco2)s1)NC(c1ccc(F)cc1)c1cccs1. The zero-order chi connectivity index (χ0) is 20.8. The molecule has 0 saturated heterocycles. The first kappa shape index (κ1) is 20.6. The van der Waals surface area contributed by atoms with Crippen LogP contribution in [-0.4, -0.2) is 21.9 Å². The average Bonchev–Trinajstić information content (AvgIpc) is 3.53. The zero-order valence-electron chi connectivity index (χ0n) is 15.6. The smallest absolute Gasteiger partial charge is 0.231 e. The molecule has 0 aliphatic rings. The summed E-state index contributed by atoms with van der Waals surface area (Å²) in [5, 5.41) is 17.0. The van der Waals surface area contributed by atoms with Crippen molar-refractivity contribution in [3.05, 3.63) is 82.2 Å². The van der Waals surface area contributed by atoms with Gasteiger partial charge < -0.3 is 15.1 Å². The highest BCUT2D eigenvalue weighted by Crippen LogP contribution is 2.28.